The molecule has 1 fully saturated rings. The summed E-state index contributed by atoms with van der Waals surface area (Å²) < 4.78 is 6.04. The Kier molecular flexibility index (Phi) is 4.49. The molecule has 25 heavy (non-hydrogen) atoms. The van der Waals surface area contributed by atoms with Crippen molar-refractivity contribution in [2.45, 2.75) is 37.8 Å². The number of nitrogens with one attached hydrogen (secondary N) is 1. The monoisotopic (exact) mass is 340 g/mol. The first-order valence-corrected chi connectivity index (χ1v) is 9.10. The SMILES string of the molecule is O=C(N[C@H]1CCCOc2c1ccc1ccccc21)N(CCO)C1CC1. The number of carbonyl (C=O) groups excluding carboxylic acids is 1. The predicted molar refractivity (Wildman–Crippen MR) is 96.8 cm³/mol. The zero-order valence-corrected chi connectivity index (χ0v) is 14.3. The Morgan fingerprint density at radius 3 is 2.84 bits per heavy atom. The number of nitrogens with zero attached hydrogens (tertiary/aromatic N) is 1. The summed E-state index contributed by atoms with van der Waals surface area (Å²) in [7, 11) is 0. The Balaban J connectivity index is 1.62. The van der Waals surface area contributed by atoms with E-state index < -0.39 is 0 Å². The molecule has 2 N–H and O–H groups in total. The number of benzene rings is 2. The molecule has 1 aliphatic carbocycles. The number of rotatable bonds is 4. The highest BCUT2D eigenvalue weighted by Gasteiger charge is 2.33. The van der Waals surface area contributed by atoms with Crippen molar-refractivity contribution in [1.29, 1.82) is 0 Å². The minimum Gasteiger partial charge on any atom is -0.493 e. The number of ether oxygens (including phenoxy) is 1. The van der Waals surface area contributed by atoms with Crippen LogP contribution in [0.2, 0.25) is 0 Å². The molecule has 0 bridgehead atoms. The standard InChI is InChI=1S/C20H24N2O3/c23-12-11-22(15-8-9-15)20(24)21-18-6-3-13-25-19-16-5-2-1-4-14(16)7-10-17(18)19/h1-2,4-5,7,10,15,18,23H,3,6,8-9,11-13H2,(H,21,24)/t18-/m0/s1. The van der Waals surface area contributed by atoms with Crippen LogP contribution in [0, 0.1) is 0 Å². The maximum Gasteiger partial charge on any atom is 0.318 e. The summed E-state index contributed by atoms with van der Waals surface area (Å²) in [6.45, 7) is 1.06. The lowest BCUT2D eigenvalue weighted by atomic mass is 9.98. The van der Waals surface area contributed by atoms with E-state index in [1.165, 1.54) is 0 Å². The van der Waals surface area contributed by atoms with Crippen LogP contribution in [0.25, 0.3) is 10.8 Å². The minimum atomic E-state index is -0.0810. The van der Waals surface area contributed by atoms with Crippen LogP contribution in [-0.2, 0) is 0 Å². The quantitative estimate of drug-likeness (QED) is 0.898. The molecule has 5 nitrogen and oxygen atoms in total. The number of aliphatic hydroxyl groups is 1. The van der Waals surface area contributed by atoms with Crippen LogP contribution in [-0.4, -0.2) is 41.8 Å². The van der Waals surface area contributed by atoms with Crippen molar-refractivity contribution in [3.05, 3.63) is 42.0 Å². The fourth-order valence-corrected chi connectivity index (χ4v) is 3.64. The van der Waals surface area contributed by atoms with E-state index in [1.807, 2.05) is 12.1 Å². The van der Waals surface area contributed by atoms with E-state index in [1.54, 1.807) is 4.90 Å². The number of aliphatic hydroxyl groups excluding tert-OH is 1. The third kappa shape index (κ3) is 3.29. The lowest BCUT2D eigenvalue weighted by Crippen LogP contribution is -2.44. The molecule has 2 aliphatic rings. The van der Waals surface area contributed by atoms with Crippen molar-refractivity contribution < 1.29 is 14.6 Å². The number of amides is 2. The van der Waals surface area contributed by atoms with Gasteiger partial charge in [0.1, 0.15) is 5.75 Å². The van der Waals surface area contributed by atoms with Gasteiger partial charge in [-0.05, 0) is 31.1 Å². The van der Waals surface area contributed by atoms with Crippen molar-refractivity contribution >= 4 is 16.8 Å². The van der Waals surface area contributed by atoms with E-state index in [-0.39, 0.29) is 24.7 Å². The average Bonchev–Trinajstić information content (AvgIpc) is 3.47. The highest BCUT2D eigenvalue weighted by atomic mass is 16.5. The average molecular weight is 340 g/mol. The normalized spacial score (nSPS) is 19.6. The number of carbonyl (C=O) groups is 1. The predicted octanol–water partition coefficient (Wildman–Crippen LogP) is 3.22. The Bertz CT molecular complexity index is 773. The molecule has 0 radical (unpaired) electrons. The van der Waals surface area contributed by atoms with E-state index in [9.17, 15) is 9.90 Å². The Labute approximate surface area is 147 Å². The van der Waals surface area contributed by atoms with Gasteiger partial charge in [0, 0.05) is 23.5 Å². The summed E-state index contributed by atoms with van der Waals surface area (Å²) in [5.41, 5.74) is 1.05. The highest BCUT2D eigenvalue weighted by Crippen LogP contribution is 2.38. The van der Waals surface area contributed by atoms with Gasteiger partial charge in [0.05, 0.1) is 19.3 Å². The molecule has 1 aliphatic heterocycles. The lowest BCUT2D eigenvalue weighted by Gasteiger charge is -2.26. The second-order valence-electron chi connectivity index (χ2n) is 6.85. The van der Waals surface area contributed by atoms with Crippen molar-refractivity contribution in [2.24, 2.45) is 0 Å². The molecule has 4 rings (SSSR count). The van der Waals surface area contributed by atoms with Gasteiger partial charge in [0.15, 0.2) is 0 Å². The smallest absolute Gasteiger partial charge is 0.318 e. The van der Waals surface area contributed by atoms with Gasteiger partial charge in [-0.2, -0.15) is 0 Å². The lowest BCUT2D eigenvalue weighted by molar-refractivity contribution is 0.170. The third-order valence-corrected chi connectivity index (χ3v) is 5.06. The van der Waals surface area contributed by atoms with Crippen LogP contribution < -0.4 is 10.1 Å². The molecule has 0 saturated heterocycles. The first-order valence-electron chi connectivity index (χ1n) is 9.10. The molecule has 2 aromatic carbocycles. The van der Waals surface area contributed by atoms with Gasteiger partial charge in [-0.25, -0.2) is 4.79 Å². The topological polar surface area (TPSA) is 61.8 Å². The molecule has 132 valence electrons. The van der Waals surface area contributed by atoms with E-state index in [2.05, 4.69) is 29.6 Å². The molecule has 2 amide bonds. The first kappa shape index (κ1) is 16.2. The summed E-state index contributed by atoms with van der Waals surface area (Å²) in [6, 6.07) is 12.5. The van der Waals surface area contributed by atoms with Gasteiger partial charge in [-0.3, -0.25) is 0 Å². The number of fused-ring (bicyclic) bond motifs is 3. The zero-order valence-electron chi connectivity index (χ0n) is 14.3. The molecular formula is C20H24N2O3. The van der Waals surface area contributed by atoms with Crippen molar-refractivity contribution in [2.75, 3.05) is 19.8 Å². The summed E-state index contributed by atoms with van der Waals surface area (Å²) in [6.07, 6.45) is 3.82. The van der Waals surface area contributed by atoms with Gasteiger partial charge in [-0.15, -0.1) is 0 Å². The Morgan fingerprint density at radius 2 is 2.04 bits per heavy atom. The van der Waals surface area contributed by atoms with Gasteiger partial charge < -0.3 is 20.1 Å². The van der Waals surface area contributed by atoms with Gasteiger partial charge in [0.2, 0.25) is 0 Å². The Morgan fingerprint density at radius 1 is 1.20 bits per heavy atom. The molecule has 5 heteroatoms. The molecular weight excluding hydrogens is 316 g/mol. The van der Waals surface area contributed by atoms with Crippen LogP contribution in [0.3, 0.4) is 0 Å². The number of hydrogen-bond donors (Lipinski definition) is 2. The van der Waals surface area contributed by atoms with Crippen molar-refractivity contribution in [1.82, 2.24) is 10.2 Å². The summed E-state index contributed by atoms with van der Waals surface area (Å²) in [4.78, 5) is 14.5. The van der Waals surface area contributed by atoms with Gasteiger partial charge in [0.25, 0.3) is 0 Å². The summed E-state index contributed by atoms with van der Waals surface area (Å²) in [5, 5.41) is 14.7. The van der Waals surface area contributed by atoms with E-state index in [0.29, 0.717) is 13.2 Å². The molecule has 0 unspecified atom stereocenters. The third-order valence-electron chi connectivity index (χ3n) is 5.06. The van der Waals surface area contributed by atoms with Crippen molar-refractivity contribution in [3.63, 3.8) is 0 Å². The van der Waals surface area contributed by atoms with Crippen LogP contribution in [0.5, 0.6) is 5.75 Å². The number of hydrogen-bond acceptors (Lipinski definition) is 3. The summed E-state index contributed by atoms with van der Waals surface area (Å²) in [5.74, 6) is 0.890. The largest absolute Gasteiger partial charge is 0.493 e. The van der Waals surface area contributed by atoms with Crippen LogP contribution in [0.4, 0.5) is 4.79 Å². The second-order valence-corrected chi connectivity index (χ2v) is 6.85. The number of urea groups is 1. The summed E-state index contributed by atoms with van der Waals surface area (Å²) >= 11 is 0. The van der Waals surface area contributed by atoms with Crippen LogP contribution >= 0.6 is 0 Å². The second kappa shape index (κ2) is 6.92. The maximum absolute atomic E-state index is 12.7. The van der Waals surface area contributed by atoms with Crippen LogP contribution in [0.15, 0.2) is 36.4 Å². The molecule has 0 aromatic heterocycles. The molecule has 2 aromatic rings. The van der Waals surface area contributed by atoms with E-state index in [4.69, 9.17) is 4.74 Å². The van der Waals surface area contributed by atoms with E-state index in [0.717, 1.165) is 47.8 Å². The van der Waals surface area contributed by atoms with Gasteiger partial charge >= 0.3 is 6.03 Å². The first-order chi connectivity index (χ1) is 12.3. The molecule has 1 heterocycles. The zero-order chi connectivity index (χ0) is 17.2. The molecule has 1 saturated carbocycles. The van der Waals surface area contributed by atoms with Crippen molar-refractivity contribution in [3.8, 4) is 5.75 Å². The maximum atomic E-state index is 12.7. The fraction of sp³-hybridized carbons (Fsp3) is 0.450. The molecule has 0 spiro atoms. The van der Waals surface area contributed by atoms with E-state index >= 15 is 0 Å². The highest BCUT2D eigenvalue weighted by molar-refractivity contribution is 5.90. The van der Waals surface area contributed by atoms with Crippen LogP contribution in [0.1, 0.15) is 37.3 Å². The minimum absolute atomic E-state index is 0.00107. The van der Waals surface area contributed by atoms with Gasteiger partial charge in [-0.1, -0.05) is 36.4 Å². The molecule has 1 atom stereocenters. The fourth-order valence-electron chi connectivity index (χ4n) is 3.64. The Hall–Kier alpha value is -2.27.